The zero-order valence-corrected chi connectivity index (χ0v) is 13.1. The molecule has 1 N–H and O–H groups in total. The number of ether oxygens (including phenoxy) is 2. The zero-order chi connectivity index (χ0) is 15.4. The van der Waals surface area contributed by atoms with Crippen LogP contribution >= 0.6 is 0 Å². The predicted octanol–water partition coefficient (Wildman–Crippen LogP) is 1.56. The zero-order valence-electron chi connectivity index (χ0n) is 13.1. The van der Waals surface area contributed by atoms with Crippen molar-refractivity contribution >= 4 is 5.91 Å². The van der Waals surface area contributed by atoms with Gasteiger partial charge in [-0.25, -0.2) is 0 Å². The van der Waals surface area contributed by atoms with Gasteiger partial charge in [-0.15, -0.1) is 0 Å². The third kappa shape index (κ3) is 3.99. The van der Waals surface area contributed by atoms with Gasteiger partial charge in [-0.1, -0.05) is 12.1 Å². The molecule has 1 aliphatic carbocycles. The second kappa shape index (κ2) is 7.11. The van der Waals surface area contributed by atoms with Crippen molar-refractivity contribution in [3.05, 3.63) is 29.8 Å². The maximum Gasteiger partial charge on any atom is 0.225 e. The lowest BCUT2D eigenvalue weighted by atomic mass is 10.1. The van der Waals surface area contributed by atoms with Gasteiger partial charge in [0.15, 0.2) is 0 Å². The number of rotatable bonds is 6. The lowest BCUT2D eigenvalue weighted by molar-refractivity contribution is -0.136. The van der Waals surface area contributed by atoms with Gasteiger partial charge < -0.3 is 19.7 Å². The largest absolute Gasteiger partial charge is 0.497 e. The van der Waals surface area contributed by atoms with E-state index in [0.717, 1.165) is 37.2 Å². The molecule has 1 aliphatic heterocycles. The summed E-state index contributed by atoms with van der Waals surface area (Å²) >= 11 is 0. The number of morpholine rings is 1. The van der Waals surface area contributed by atoms with Crippen molar-refractivity contribution in [2.75, 3.05) is 26.8 Å². The van der Waals surface area contributed by atoms with E-state index in [9.17, 15) is 4.79 Å². The third-order valence-electron chi connectivity index (χ3n) is 4.20. The van der Waals surface area contributed by atoms with Gasteiger partial charge >= 0.3 is 0 Å². The number of nitrogens with one attached hydrogen (secondary N) is 1. The Morgan fingerprint density at radius 2 is 2.32 bits per heavy atom. The van der Waals surface area contributed by atoms with Crippen molar-refractivity contribution in [2.45, 2.75) is 38.0 Å². The highest BCUT2D eigenvalue weighted by molar-refractivity contribution is 5.77. The molecule has 2 aliphatic rings. The summed E-state index contributed by atoms with van der Waals surface area (Å²) in [6, 6.07) is 8.34. The van der Waals surface area contributed by atoms with Gasteiger partial charge in [-0.2, -0.15) is 0 Å². The highest BCUT2D eigenvalue weighted by Crippen LogP contribution is 2.30. The van der Waals surface area contributed by atoms with Crippen molar-refractivity contribution in [1.82, 2.24) is 10.2 Å². The first kappa shape index (κ1) is 15.3. The highest BCUT2D eigenvalue weighted by atomic mass is 16.5. The lowest BCUT2D eigenvalue weighted by Crippen LogP contribution is -2.42. The monoisotopic (exact) mass is 304 g/mol. The quantitative estimate of drug-likeness (QED) is 0.866. The van der Waals surface area contributed by atoms with Crippen LogP contribution in [-0.4, -0.2) is 49.8 Å². The number of amides is 1. The topological polar surface area (TPSA) is 50.8 Å². The van der Waals surface area contributed by atoms with Gasteiger partial charge in [0.2, 0.25) is 5.91 Å². The van der Waals surface area contributed by atoms with E-state index in [2.05, 4.69) is 5.32 Å². The first-order valence-electron chi connectivity index (χ1n) is 8.01. The van der Waals surface area contributed by atoms with E-state index >= 15 is 0 Å². The summed E-state index contributed by atoms with van der Waals surface area (Å²) < 4.78 is 10.9. The molecular weight excluding hydrogens is 280 g/mol. The number of benzene rings is 1. The van der Waals surface area contributed by atoms with E-state index in [1.54, 1.807) is 7.11 Å². The molecule has 1 saturated heterocycles. The fourth-order valence-corrected chi connectivity index (χ4v) is 2.84. The Morgan fingerprint density at radius 1 is 1.45 bits per heavy atom. The van der Waals surface area contributed by atoms with Crippen molar-refractivity contribution in [3.8, 4) is 5.75 Å². The summed E-state index contributed by atoms with van der Waals surface area (Å²) in [6.07, 6.45) is 2.69. The van der Waals surface area contributed by atoms with Crippen LogP contribution in [0, 0.1) is 0 Å². The Balaban J connectivity index is 1.62. The number of methoxy groups -OCH3 is 1. The van der Waals surface area contributed by atoms with Crippen LogP contribution in [0.1, 0.15) is 24.8 Å². The minimum absolute atomic E-state index is 0.00723. The molecule has 1 heterocycles. The minimum atomic E-state index is 0.00723. The highest BCUT2D eigenvalue weighted by Gasteiger charge is 2.33. The Hall–Kier alpha value is -1.59. The summed E-state index contributed by atoms with van der Waals surface area (Å²) in [6.45, 7) is 2.99. The number of carbonyl (C=O) groups is 1. The van der Waals surface area contributed by atoms with E-state index in [0.29, 0.717) is 25.6 Å². The molecule has 1 aromatic carbocycles. The number of hydrogen-bond acceptors (Lipinski definition) is 4. The van der Waals surface area contributed by atoms with Crippen LogP contribution in [0.4, 0.5) is 0 Å². The van der Waals surface area contributed by atoms with E-state index in [-0.39, 0.29) is 12.0 Å². The fourth-order valence-electron chi connectivity index (χ4n) is 2.84. The third-order valence-corrected chi connectivity index (χ3v) is 4.20. The van der Waals surface area contributed by atoms with E-state index < -0.39 is 0 Å². The van der Waals surface area contributed by atoms with Crippen LogP contribution in [0.2, 0.25) is 0 Å². The van der Waals surface area contributed by atoms with E-state index in [1.807, 2.05) is 29.2 Å². The molecule has 0 spiro atoms. The van der Waals surface area contributed by atoms with Crippen LogP contribution in [0.25, 0.3) is 0 Å². The first-order valence-corrected chi connectivity index (χ1v) is 8.01. The molecule has 5 nitrogen and oxygen atoms in total. The predicted molar refractivity (Wildman–Crippen MR) is 83.8 cm³/mol. The van der Waals surface area contributed by atoms with Crippen molar-refractivity contribution in [3.63, 3.8) is 0 Å². The molecule has 2 fully saturated rings. The Labute approximate surface area is 131 Å². The molecule has 120 valence electrons. The minimum Gasteiger partial charge on any atom is -0.497 e. The van der Waals surface area contributed by atoms with Crippen molar-refractivity contribution in [2.24, 2.45) is 0 Å². The van der Waals surface area contributed by atoms with Gasteiger partial charge in [0, 0.05) is 25.7 Å². The van der Waals surface area contributed by atoms with E-state index in [4.69, 9.17) is 9.47 Å². The molecule has 22 heavy (non-hydrogen) atoms. The molecule has 0 bridgehead atoms. The van der Waals surface area contributed by atoms with Crippen molar-refractivity contribution < 1.29 is 14.3 Å². The number of nitrogens with zero attached hydrogens (tertiary/aromatic N) is 1. The van der Waals surface area contributed by atoms with Gasteiger partial charge in [0.1, 0.15) is 5.75 Å². The smallest absolute Gasteiger partial charge is 0.225 e. The summed E-state index contributed by atoms with van der Waals surface area (Å²) in [4.78, 5) is 14.6. The molecule has 5 heteroatoms. The fraction of sp³-hybridized carbons (Fsp3) is 0.588. The maximum atomic E-state index is 12.6. The van der Waals surface area contributed by atoms with Crippen LogP contribution in [0.3, 0.4) is 0 Å². The lowest BCUT2D eigenvalue weighted by Gasteiger charge is -2.28. The van der Waals surface area contributed by atoms with Crippen LogP contribution < -0.4 is 10.1 Å². The Kier molecular flexibility index (Phi) is 4.95. The second-order valence-electron chi connectivity index (χ2n) is 6.01. The van der Waals surface area contributed by atoms with Gasteiger partial charge in [-0.3, -0.25) is 4.79 Å². The molecular formula is C17H24N2O3. The summed E-state index contributed by atoms with van der Waals surface area (Å²) in [5, 5.41) is 3.28. The average molecular weight is 304 g/mol. The van der Waals surface area contributed by atoms with Crippen LogP contribution in [0.15, 0.2) is 24.3 Å². The van der Waals surface area contributed by atoms with Crippen molar-refractivity contribution in [1.29, 1.82) is 0 Å². The molecule has 0 radical (unpaired) electrons. The standard InChI is InChI=1S/C17H24N2O3/c1-21-15-4-2-3-13(9-15)12-19(14-5-6-14)17(20)10-16-11-18-7-8-22-16/h2-4,9,14,16,18H,5-8,10-12H2,1H3/t16-/m0/s1. The molecule has 3 rings (SSSR count). The van der Waals surface area contributed by atoms with Gasteiger partial charge in [-0.05, 0) is 30.5 Å². The van der Waals surface area contributed by atoms with Crippen LogP contribution in [0.5, 0.6) is 5.75 Å². The maximum absolute atomic E-state index is 12.6. The number of hydrogen-bond donors (Lipinski definition) is 1. The molecule has 1 amide bonds. The van der Waals surface area contributed by atoms with Gasteiger partial charge in [0.05, 0.1) is 26.2 Å². The normalized spacial score (nSPS) is 21.4. The second-order valence-corrected chi connectivity index (χ2v) is 6.01. The molecule has 1 atom stereocenters. The average Bonchev–Trinajstić information content (AvgIpc) is 3.38. The SMILES string of the molecule is COc1cccc(CN(C(=O)C[C@H]2CNCCO2)C2CC2)c1. The summed E-state index contributed by atoms with van der Waals surface area (Å²) in [5.74, 6) is 1.03. The number of carbonyl (C=O) groups excluding carboxylic acids is 1. The van der Waals surface area contributed by atoms with Crippen LogP contribution in [-0.2, 0) is 16.1 Å². The molecule has 1 aromatic rings. The summed E-state index contributed by atoms with van der Waals surface area (Å²) in [5.41, 5.74) is 1.11. The Bertz CT molecular complexity index is 510. The molecule has 1 saturated carbocycles. The molecule has 0 aromatic heterocycles. The molecule has 0 unspecified atom stereocenters. The summed E-state index contributed by atoms with van der Waals surface area (Å²) in [7, 11) is 1.66. The van der Waals surface area contributed by atoms with E-state index in [1.165, 1.54) is 0 Å². The van der Waals surface area contributed by atoms with Gasteiger partial charge in [0.25, 0.3) is 0 Å². The Morgan fingerprint density at radius 3 is 3.00 bits per heavy atom. The first-order chi connectivity index (χ1) is 10.8.